The molecular formula is C25H28N4O4S. The maximum absolute atomic E-state index is 13.2. The van der Waals surface area contributed by atoms with E-state index in [4.69, 9.17) is 9.47 Å². The molecule has 8 nitrogen and oxygen atoms in total. The SMILES string of the molecule is COc1ccc2c(c1)CC(C(=O)Nc1ccc(-c3cn[nH]c3)cc1SCCC(=O)N(C)C)CO2. The standard InChI is InChI=1S/C25H28N4O4S/c1-29(2)24(30)8-9-34-23-12-16(19-13-26-27-14-19)4-6-21(23)28-25(31)18-10-17-11-20(32-3)5-7-22(17)33-15-18/h4-7,11-14,18H,8-10,15H2,1-3H3,(H,26,27)(H,28,31). The number of nitrogens with zero attached hydrogens (tertiary/aromatic N) is 2. The number of carbonyl (C=O) groups is 2. The van der Waals surface area contributed by atoms with Crippen LogP contribution in [-0.4, -0.2) is 60.5 Å². The van der Waals surface area contributed by atoms with Crippen molar-refractivity contribution in [1.29, 1.82) is 0 Å². The molecule has 0 saturated carbocycles. The van der Waals surface area contributed by atoms with Crippen LogP contribution in [0.15, 0.2) is 53.7 Å². The molecule has 1 aliphatic rings. The zero-order valence-electron chi connectivity index (χ0n) is 19.5. The first-order valence-corrected chi connectivity index (χ1v) is 12.0. The van der Waals surface area contributed by atoms with Crippen LogP contribution in [0.3, 0.4) is 0 Å². The third-order valence-corrected chi connectivity index (χ3v) is 6.75. The number of aromatic amines is 1. The molecule has 1 unspecified atom stereocenters. The van der Waals surface area contributed by atoms with Crippen molar-refractivity contribution in [3.63, 3.8) is 0 Å². The summed E-state index contributed by atoms with van der Waals surface area (Å²) in [6.45, 7) is 0.318. The van der Waals surface area contributed by atoms with E-state index in [0.29, 0.717) is 25.2 Å². The van der Waals surface area contributed by atoms with Gasteiger partial charge in [-0.2, -0.15) is 5.10 Å². The molecule has 2 N–H and O–H groups in total. The molecule has 1 aliphatic heterocycles. The average Bonchev–Trinajstić information content (AvgIpc) is 3.39. The van der Waals surface area contributed by atoms with Crippen molar-refractivity contribution >= 4 is 29.3 Å². The van der Waals surface area contributed by atoms with Crippen LogP contribution in [0, 0.1) is 5.92 Å². The zero-order chi connectivity index (χ0) is 24.1. The van der Waals surface area contributed by atoms with Crippen LogP contribution in [0.2, 0.25) is 0 Å². The lowest BCUT2D eigenvalue weighted by Crippen LogP contribution is -2.32. The Kier molecular flexibility index (Phi) is 7.42. The van der Waals surface area contributed by atoms with Gasteiger partial charge in [0.15, 0.2) is 0 Å². The topological polar surface area (TPSA) is 96.5 Å². The number of carbonyl (C=O) groups excluding carboxylic acids is 2. The predicted octanol–water partition coefficient (Wildman–Crippen LogP) is 3.85. The van der Waals surface area contributed by atoms with E-state index in [1.54, 1.807) is 44.1 Å². The molecule has 34 heavy (non-hydrogen) atoms. The third-order valence-electron chi connectivity index (χ3n) is 5.69. The first-order chi connectivity index (χ1) is 16.4. The number of aromatic nitrogens is 2. The Hall–Kier alpha value is -3.46. The number of rotatable bonds is 8. The highest BCUT2D eigenvalue weighted by Gasteiger charge is 2.27. The van der Waals surface area contributed by atoms with Gasteiger partial charge in [0, 0.05) is 42.9 Å². The predicted molar refractivity (Wildman–Crippen MR) is 132 cm³/mol. The minimum Gasteiger partial charge on any atom is -0.497 e. The molecule has 9 heteroatoms. The number of ether oxygens (including phenoxy) is 2. The van der Waals surface area contributed by atoms with Gasteiger partial charge in [-0.05, 0) is 47.9 Å². The Morgan fingerprint density at radius 3 is 2.82 bits per heavy atom. The van der Waals surface area contributed by atoms with E-state index >= 15 is 0 Å². The number of anilines is 1. The average molecular weight is 481 g/mol. The van der Waals surface area contributed by atoms with Gasteiger partial charge >= 0.3 is 0 Å². The van der Waals surface area contributed by atoms with Gasteiger partial charge in [-0.1, -0.05) is 6.07 Å². The summed E-state index contributed by atoms with van der Waals surface area (Å²) in [6.07, 6.45) is 4.56. The van der Waals surface area contributed by atoms with Crippen LogP contribution in [0.25, 0.3) is 11.1 Å². The summed E-state index contributed by atoms with van der Waals surface area (Å²) in [5.74, 6) is 1.78. The first kappa shape index (κ1) is 23.7. The van der Waals surface area contributed by atoms with E-state index in [0.717, 1.165) is 38.8 Å². The van der Waals surface area contributed by atoms with Gasteiger partial charge < -0.3 is 19.7 Å². The second-order valence-corrected chi connectivity index (χ2v) is 9.40. The van der Waals surface area contributed by atoms with E-state index in [1.165, 1.54) is 0 Å². The molecule has 4 rings (SSSR count). The van der Waals surface area contributed by atoms with Crippen molar-refractivity contribution in [3.05, 3.63) is 54.4 Å². The highest BCUT2D eigenvalue weighted by Crippen LogP contribution is 2.34. The molecule has 1 atom stereocenters. The van der Waals surface area contributed by atoms with Crippen LogP contribution >= 0.6 is 11.8 Å². The summed E-state index contributed by atoms with van der Waals surface area (Å²) >= 11 is 1.55. The fourth-order valence-corrected chi connectivity index (χ4v) is 4.69. The van der Waals surface area contributed by atoms with Crippen LogP contribution in [0.4, 0.5) is 5.69 Å². The Labute approximate surface area is 203 Å². The molecule has 2 aromatic carbocycles. The fourth-order valence-electron chi connectivity index (χ4n) is 3.71. The molecule has 1 aromatic heterocycles. The van der Waals surface area contributed by atoms with Gasteiger partial charge in [-0.25, -0.2) is 0 Å². The van der Waals surface area contributed by atoms with Gasteiger partial charge in [0.25, 0.3) is 0 Å². The number of benzene rings is 2. The largest absolute Gasteiger partial charge is 0.497 e. The van der Waals surface area contributed by atoms with Crippen LogP contribution in [0.5, 0.6) is 11.5 Å². The monoisotopic (exact) mass is 480 g/mol. The summed E-state index contributed by atoms with van der Waals surface area (Å²) in [5.41, 5.74) is 3.61. The molecule has 178 valence electrons. The molecule has 2 heterocycles. The summed E-state index contributed by atoms with van der Waals surface area (Å²) in [7, 11) is 5.12. The highest BCUT2D eigenvalue weighted by atomic mass is 32.2. The van der Waals surface area contributed by atoms with E-state index in [2.05, 4.69) is 15.5 Å². The molecule has 0 spiro atoms. The van der Waals surface area contributed by atoms with Crippen LogP contribution < -0.4 is 14.8 Å². The maximum atomic E-state index is 13.2. The smallest absolute Gasteiger partial charge is 0.231 e. The Morgan fingerprint density at radius 1 is 1.24 bits per heavy atom. The minimum absolute atomic E-state index is 0.0672. The van der Waals surface area contributed by atoms with Gasteiger partial charge in [0.1, 0.15) is 18.1 Å². The quantitative estimate of drug-likeness (QED) is 0.476. The van der Waals surface area contributed by atoms with Crippen molar-refractivity contribution in [2.45, 2.75) is 17.7 Å². The van der Waals surface area contributed by atoms with Gasteiger partial charge in [0.2, 0.25) is 11.8 Å². The van der Waals surface area contributed by atoms with Crippen LogP contribution in [-0.2, 0) is 16.0 Å². The normalized spacial score (nSPS) is 14.6. The molecular weight excluding hydrogens is 452 g/mol. The maximum Gasteiger partial charge on any atom is 0.231 e. The van der Waals surface area contributed by atoms with Crippen molar-refractivity contribution in [2.75, 3.05) is 38.9 Å². The van der Waals surface area contributed by atoms with Crippen molar-refractivity contribution in [2.24, 2.45) is 5.92 Å². The number of methoxy groups -OCH3 is 1. The Bertz CT molecular complexity index is 1160. The number of fused-ring (bicyclic) bond motifs is 1. The van der Waals surface area contributed by atoms with E-state index in [1.807, 2.05) is 42.6 Å². The summed E-state index contributed by atoms with van der Waals surface area (Å²) < 4.78 is 11.1. The molecule has 0 radical (unpaired) electrons. The number of hydrogen-bond acceptors (Lipinski definition) is 6. The number of amides is 2. The molecule has 3 aromatic rings. The van der Waals surface area contributed by atoms with E-state index in [-0.39, 0.29) is 17.7 Å². The lowest BCUT2D eigenvalue weighted by Gasteiger charge is -2.25. The first-order valence-electron chi connectivity index (χ1n) is 11.0. The Balaban J connectivity index is 1.50. The number of H-pyrrole nitrogens is 1. The summed E-state index contributed by atoms with van der Waals surface area (Å²) in [5, 5.41) is 9.93. The minimum atomic E-state index is -0.318. The molecule has 0 fully saturated rings. The van der Waals surface area contributed by atoms with Crippen molar-refractivity contribution in [3.8, 4) is 22.6 Å². The van der Waals surface area contributed by atoms with E-state index < -0.39 is 0 Å². The third kappa shape index (κ3) is 5.53. The fraction of sp³-hybridized carbons (Fsp3) is 0.320. The zero-order valence-corrected chi connectivity index (χ0v) is 20.3. The second-order valence-electron chi connectivity index (χ2n) is 8.26. The lowest BCUT2D eigenvalue weighted by molar-refractivity contribution is -0.128. The highest BCUT2D eigenvalue weighted by molar-refractivity contribution is 7.99. The van der Waals surface area contributed by atoms with Crippen LogP contribution in [0.1, 0.15) is 12.0 Å². The molecule has 0 saturated heterocycles. The van der Waals surface area contributed by atoms with Gasteiger partial charge in [0.05, 0.1) is 24.9 Å². The molecule has 2 amide bonds. The van der Waals surface area contributed by atoms with Gasteiger partial charge in [-0.3, -0.25) is 14.7 Å². The van der Waals surface area contributed by atoms with Crippen molar-refractivity contribution in [1.82, 2.24) is 15.1 Å². The van der Waals surface area contributed by atoms with E-state index in [9.17, 15) is 9.59 Å². The van der Waals surface area contributed by atoms with Crippen molar-refractivity contribution < 1.29 is 19.1 Å². The number of thioether (sulfide) groups is 1. The molecule has 0 aliphatic carbocycles. The summed E-state index contributed by atoms with van der Waals surface area (Å²) in [4.78, 5) is 27.7. The molecule has 0 bridgehead atoms. The second kappa shape index (κ2) is 10.6. The Morgan fingerprint density at radius 2 is 2.09 bits per heavy atom. The number of nitrogens with one attached hydrogen (secondary N) is 2. The number of hydrogen-bond donors (Lipinski definition) is 2. The lowest BCUT2D eigenvalue weighted by atomic mass is 9.95. The van der Waals surface area contributed by atoms with Gasteiger partial charge in [-0.15, -0.1) is 11.8 Å². The summed E-state index contributed by atoms with van der Waals surface area (Å²) in [6, 6.07) is 11.5.